The third-order valence-electron chi connectivity index (χ3n) is 2.47. The maximum absolute atomic E-state index is 11.9. The maximum Gasteiger partial charge on any atom is 0.249 e. The van der Waals surface area contributed by atoms with E-state index in [4.69, 9.17) is 5.73 Å². The molecule has 2 heterocycles. The highest BCUT2D eigenvalue weighted by Gasteiger charge is 2.10. The standard InChI is InChI=1S/C12H14N4O/c1-9-8-11(13)16(15-9)12(17)3-2-10-4-6-14-7-5-10/h4-8H,2-3,13H2,1H3. The molecule has 2 aromatic rings. The summed E-state index contributed by atoms with van der Waals surface area (Å²) < 4.78 is 1.26. The molecule has 0 fully saturated rings. The Balaban J connectivity index is 2.01. The fourth-order valence-electron chi connectivity index (χ4n) is 1.63. The van der Waals surface area contributed by atoms with Crippen LogP contribution in [0.5, 0.6) is 0 Å². The molecule has 0 bridgehead atoms. The Kier molecular flexibility index (Phi) is 3.18. The van der Waals surface area contributed by atoms with E-state index in [1.165, 1.54) is 4.68 Å². The van der Waals surface area contributed by atoms with Gasteiger partial charge in [0, 0.05) is 24.9 Å². The van der Waals surface area contributed by atoms with Crippen molar-refractivity contribution in [2.24, 2.45) is 0 Å². The molecule has 0 aliphatic rings. The lowest BCUT2D eigenvalue weighted by Crippen LogP contribution is -2.15. The highest BCUT2D eigenvalue weighted by molar-refractivity contribution is 5.81. The van der Waals surface area contributed by atoms with Crippen molar-refractivity contribution in [1.82, 2.24) is 14.8 Å². The minimum Gasteiger partial charge on any atom is -0.383 e. The summed E-state index contributed by atoms with van der Waals surface area (Å²) in [6, 6.07) is 5.47. The van der Waals surface area contributed by atoms with Crippen molar-refractivity contribution in [1.29, 1.82) is 0 Å². The molecule has 0 amide bonds. The Labute approximate surface area is 99.3 Å². The predicted molar refractivity (Wildman–Crippen MR) is 64.6 cm³/mol. The van der Waals surface area contributed by atoms with Crippen LogP contribution in [0.4, 0.5) is 5.82 Å². The molecule has 0 atom stereocenters. The van der Waals surface area contributed by atoms with Crippen molar-refractivity contribution in [2.75, 3.05) is 5.73 Å². The maximum atomic E-state index is 11.9. The van der Waals surface area contributed by atoms with Gasteiger partial charge in [-0.25, -0.2) is 0 Å². The van der Waals surface area contributed by atoms with Crippen molar-refractivity contribution in [2.45, 2.75) is 19.8 Å². The normalized spacial score (nSPS) is 10.4. The summed E-state index contributed by atoms with van der Waals surface area (Å²) in [5.41, 5.74) is 7.51. The third kappa shape index (κ3) is 2.69. The first kappa shape index (κ1) is 11.3. The van der Waals surface area contributed by atoms with Crippen LogP contribution in [0, 0.1) is 6.92 Å². The minimum absolute atomic E-state index is 0.0904. The van der Waals surface area contributed by atoms with E-state index < -0.39 is 0 Å². The predicted octanol–water partition coefficient (Wildman–Crippen LogP) is 1.44. The van der Waals surface area contributed by atoms with Gasteiger partial charge >= 0.3 is 0 Å². The van der Waals surface area contributed by atoms with Crippen LogP contribution in [0.1, 0.15) is 22.5 Å². The second kappa shape index (κ2) is 4.78. The van der Waals surface area contributed by atoms with Gasteiger partial charge in [0.15, 0.2) is 0 Å². The summed E-state index contributed by atoms with van der Waals surface area (Å²) in [7, 11) is 0. The zero-order valence-electron chi connectivity index (χ0n) is 9.63. The number of hydrogen-bond donors (Lipinski definition) is 1. The quantitative estimate of drug-likeness (QED) is 0.865. The SMILES string of the molecule is Cc1cc(N)n(C(=O)CCc2ccncc2)n1. The Morgan fingerprint density at radius 3 is 2.71 bits per heavy atom. The Hall–Kier alpha value is -2.17. The molecule has 0 spiro atoms. The van der Waals surface area contributed by atoms with Crippen molar-refractivity contribution in [3.05, 3.63) is 41.9 Å². The number of aryl methyl sites for hydroxylation is 2. The van der Waals surface area contributed by atoms with Gasteiger partial charge in [-0.05, 0) is 31.0 Å². The second-order valence-corrected chi connectivity index (χ2v) is 3.87. The zero-order valence-corrected chi connectivity index (χ0v) is 9.63. The zero-order chi connectivity index (χ0) is 12.3. The van der Waals surface area contributed by atoms with Crippen LogP contribution in [-0.4, -0.2) is 20.7 Å². The third-order valence-corrected chi connectivity index (χ3v) is 2.47. The first-order chi connectivity index (χ1) is 8.16. The van der Waals surface area contributed by atoms with Crippen molar-refractivity contribution in [3.63, 3.8) is 0 Å². The number of nitrogens with two attached hydrogens (primary N) is 1. The largest absolute Gasteiger partial charge is 0.383 e. The van der Waals surface area contributed by atoms with Crippen LogP contribution in [0.25, 0.3) is 0 Å². The summed E-state index contributed by atoms with van der Waals surface area (Å²) in [6.07, 6.45) is 4.48. The summed E-state index contributed by atoms with van der Waals surface area (Å²) in [6.45, 7) is 1.81. The number of anilines is 1. The molecular weight excluding hydrogens is 216 g/mol. The van der Waals surface area contributed by atoms with E-state index in [1.807, 2.05) is 19.1 Å². The molecule has 0 aliphatic heterocycles. The first-order valence-corrected chi connectivity index (χ1v) is 5.41. The van der Waals surface area contributed by atoms with E-state index in [2.05, 4.69) is 10.1 Å². The Bertz CT molecular complexity index is 519. The molecule has 0 saturated heterocycles. The number of aromatic nitrogens is 3. The van der Waals surface area contributed by atoms with Crippen molar-refractivity contribution in [3.8, 4) is 0 Å². The van der Waals surface area contributed by atoms with Crippen LogP contribution in [0.15, 0.2) is 30.6 Å². The monoisotopic (exact) mass is 230 g/mol. The van der Waals surface area contributed by atoms with Gasteiger partial charge in [-0.2, -0.15) is 9.78 Å². The van der Waals surface area contributed by atoms with E-state index in [9.17, 15) is 4.79 Å². The fraction of sp³-hybridized carbons (Fsp3) is 0.250. The fourth-order valence-corrected chi connectivity index (χ4v) is 1.63. The van der Waals surface area contributed by atoms with Crippen LogP contribution >= 0.6 is 0 Å². The molecule has 5 nitrogen and oxygen atoms in total. The number of nitrogens with zero attached hydrogens (tertiary/aromatic N) is 3. The minimum atomic E-state index is -0.0904. The van der Waals surface area contributed by atoms with Crippen LogP contribution in [0.2, 0.25) is 0 Å². The molecule has 0 radical (unpaired) electrons. The lowest BCUT2D eigenvalue weighted by Gasteiger charge is -2.02. The van der Waals surface area contributed by atoms with Crippen LogP contribution < -0.4 is 5.73 Å². The first-order valence-electron chi connectivity index (χ1n) is 5.41. The van der Waals surface area contributed by atoms with Crippen molar-refractivity contribution >= 4 is 11.7 Å². The molecule has 2 rings (SSSR count). The average molecular weight is 230 g/mol. The topological polar surface area (TPSA) is 73.8 Å². The molecule has 2 aromatic heterocycles. The summed E-state index contributed by atoms with van der Waals surface area (Å²) in [5.74, 6) is 0.301. The molecule has 0 aliphatic carbocycles. The summed E-state index contributed by atoms with van der Waals surface area (Å²) >= 11 is 0. The molecule has 0 saturated carbocycles. The molecule has 88 valence electrons. The van der Waals surface area contributed by atoms with E-state index in [0.29, 0.717) is 18.7 Å². The number of nitrogen functional groups attached to an aromatic ring is 1. The molecule has 0 aromatic carbocycles. The van der Waals surface area contributed by atoms with E-state index >= 15 is 0 Å². The molecule has 17 heavy (non-hydrogen) atoms. The highest BCUT2D eigenvalue weighted by atomic mass is 16.2. The number of pyridine rings is 1. The van der Waals surface area contributed by atoms with Crippen LogP contribution in [-0.2, 0) is 6.42 Å². The van der Waals surface area contributed by atoms with Gasteiger partial charge in [-0.1, -0.05) is 0 Å². The van der Waals surface area contributed by atoms with Gasteiger partial charge in [0.2, 0.25) is 5.91 Å². The van der Waals surface area contributed by atoms with Gasteiger partial charge < -0.3 is 5.73 Å². The van der Waals surface area contributed by atoms with E-state index in [-0.39, 0.29) is 5.91 Å². The number of hydrogen-bond acceptors (Lipinski definition) is 4. The smallest absolute Gasteiger partial charge is 0.249 e. The number of carbonyl (C=O) groups is 1. The highest BCUT2D eigenvalue weighted by Crippen LogP contribution is 2.08. The van der Waals surface area contributed by atoms with Gasteiger partial charge in [0.05, 0.1) is 5.69 Å². The Morgan fingerprint density at radius 1 is 1.41 bits per heavy atom. The van der Waals surface area contributed by atoms with E-state index in [0.717, 1.165) is 11.3 Å². The van der Waals surface area contributed by atoms with Gasteiger partial charge in [-0.3, -0.25) is 9.78 Å². The number of rotatable bonds is 3. The Morgan fingerprint density at radius 2 is 2.12 bits per heavy atom. The van der Waals surface area contributed by atoms with Crippen molar-refractivity contribution < 1.29 is 4.79 Å². The molecule has 2 N–H and O–H groups in total. The van der Waals surface area contributed by atoms with Gasteiger partial charge in [0.25, 0.3) is 0 Å². The summed E-state index contributed by atoms with van der Waals surface area (Å²) in [4.78, 5) is 15.8. The lowest BCUT2D eigenvalue weighted by atomic mass is 10.1. The molecule has 0 unspecified atom stereocenters. The average Bonchev–Trinajstić information content (AvgIpc) is 2.67. The summed E-state index contributed by atoms with van der Waals surface area (Å²) in [5, 5.41) is 4.05. The van der Waals surface area contributed by atoms with Crippen LogP contribution in [0.3, 0.4) is 0 Å². The van der Waals surface area contributed by atoms with E-state index in [1.54, 1.807) is 18.5 Å². The van der Waals surface area contributed by atoms with Gasteiger partial charge in [0.1, 0.15) is 5.82 Å². The second-order valence-electron chi connectivity index (χ2n) is 3.87. The number of carbonyl (C=O) groups excluding carboxylic acids is 1. The molecule has 5 heteroatoms. The lowest BCUT2D eigenvalue weighted by molar-refractivity contribution is 0.0890. The van der Waals surface area contributed by atoms with Gasteiger partial charge in [-0.15, -0.1) is 0 Å². The molecular formula is C12H14N4O.